The third-order valence-corrected chi connectivity index (χ3v) is 18.1. The van der Waals surface area contributed by atoms with Gasteiger partial charge < -0.3 is 55.6 Å². The molecule has 5 saturated carbocycles. The molecule has 5 aliphatic rings. The fourth-order valence-electron chi connectivity index (χ4n) is 13.7. The molecular weight excluding hydrogens is 1590 g/mol. The summed E-state index contributed by atoms with van der Waals surface area (Å²) in [6.07, 6.45) is 16.5. The Kier molecular flexibility index (Phi) is 126. The average Bonchev–Trinajstić information content (AvgIpc) is 1.68. The van der Waals surface area contributed by atoms with Crippen LogP contribution < -0.4 is 21.3 Å². The molecule has 24 nitrogen and oxygen atoms in total. The van der Waals surface area contributed by atoms with Gasteiger partial charge in [-0.3, -0.25) is 58.0 Å². The van der Waals surface area contributed by atoms with Crippen molar-refractivity contribution in [3.63, 3.8) is 0 Å². The number of carboxylic acids is 3. The number of nitrogens with one attached hydrogen (secondary N) is 4. The Morgan fingerprint density at radius 3 is 1.15 bits per heavy atom. The van der Waals surface area contributed by atoms with Gasteiger partial charge in [0.2, 0.25) is 23.6 Å². The average molecular weight is 1770 g/mol. The smallest absolute Gasteiger partial charge is 0.307 e. The van der Waals surface area contributed by atoms with Crippen molar-refractivity contribution in [2.45, 2.75) is 334 Å². The fourth-order valence-corrected chi connectivity index (χ4v) is 13.7. The number of amides is 4. The first-order valence-electron chi connectivity index (χ1n) is 39.4. The number of hydrogen-bond donors (Lipinski definition) is 8. The molecule has 0 aromatic heterocycles. The van der Waals surface area contributed by atoms with E-state index in [0.29, 0.717) is 29.7 Å². The van der Waals surface area contributed by atoms with Crippen molar-refractivity contribution in [1.29, 1.82) is 0 Å². The van der Waals surface area contributed by atoms with Crippen molar-refractivity contribution >= 4 is 72.5 Å². The molecule has 1 aromatic rings. The Balaban J connectivity index is -0.0000000559. The number of benzene rings is 1. The van der Waals surface area contributed by atoms with Crippen molar-refractivity contribution in [2.24, 2.45) is 75.9 Å². The molecule has 0 heterocycles. The molecule has 6 rings (SSSR count). The monoisotopic (exact) mass is 1770 g/mol. The molecule has 0 saturated heterocycles. The van der Waals surface area contributed by atoms with Gasteiger partial charge in [0.05, 0.1) is 26.2 Å². The van der Waals surface area contributed by atoms with Crippen LogP contribution in [0.4, 0.5) is 0 Å². The summed E-state index contributed by atoms with van der Waals surface area (Å²) in [7, 11) is 11.5. The van der Waals surface area contributed by atoms with Crippen LogP contribution in [0.5, 0.6) is 0 Å². The van der Waals surface area contributed by atoms with Crippen LogP contribution in [0.25, 0.3) is 0 Å². The largest absolute Gasteiger partial charge is 0.481 e. The van der Waals surface area contributed by atoms with Crippen LogP contribution in [-0.4, -0.2) is 148 Å². The zero-order valence-corrected chi connectivity index (χ0v) is 80.0. The van der Waals surface area contributed by atoms with Crippen LogP contribution in [0.15, 0.2) is 18.2 Å². The molecule has 14 atom stereocenters. The summed E-state index contributed by atoms with van der Waals surface area (Å²) in [5.74, 6) is 1.55. The Morgan fingerprint density at radius 1 is 0.545 bits per heavy atom. The minimum atomic E-state index is -1.13. The van der Waals surface area contributed by atoms with Gasteiger partial charge in [-0.25, -0.2) is 4.89 Å². The zero-order chi connectivity index (χ0) is 88.2. The van der Waals surface area contributed by atoms with E-state index in [1.54, 1.807) is 28.2 Å². The van der Waals surface area contributed by atoms with E-state index in [-0.39, 0.29) is 157 Å². The van der Waals surface area contributed by atoms with Crippen molar-refractivity contribution < 1.29 is 167 Å². The van der Waals surface area contributed by atoms with E-state index in [4.69, 9.17) is 41.8 Å². The summed E-state index contributed by atoms with van der Waals surface area (Å²) in [4.78, 5) is 124. The maximum Gasteiger partial charge on any atom is 0.307 e. The molecule has 14 unspecified atom stereocenters. The Labute approximate surface area is 741 Å². The molecule has 2 radical (unpaired) electrons. The van der Waals surface area contributed by atoms with E-state index in [1.807, 2.05) is 69.2 Å². The van der Waals surface area contributed by atoms with Crippen LogP contribution in [0, 0.1) is 96.7 Å². The van der Waals surface area contributed by atoms with Crippen LogP contribution in [0.2, 0.25) is 0 Å². The third kappa shape index (κ3) is 76.7. The summed E-state index contributed by atoms with van der Waals surface area (Å²) in [5, 5.41) is 42.8. The second-order valence-corrected chi connectivity index (χ2v) is 25.8. The van der Waals surface area contributed by atoms with Crippen molar-refractivity contribution in [2.75, 3.05) is 42.4 Å². The SMILES string of the molecule is C.C.C.C.CC.CC.CC.CC.CC.CC(=O)CC1C(OC=O)CC(C(C)=O)C1C(=O)O.CC(=O)O.CC(=O)O.CC(C)CCCC(C)C1CCC2C3CCC4CC(C(C)OO)CCC4(C)C3CCC12C.CNC(C)=O.CNC(C)=O.CNC(C)=O.CNC(C)=O.COC=O.COC=O.Cc1cc(C)cc(C)c1.[2HH].[2H]C.[2H]C.[Y].[Y]. The van der Waals surface area contributed by atoms with Gasteiger partial charge in [0, 0.05) is 158 Å². The molecule has 8 N–H and O–H groups in total. The van der Waals surface area contributed by atoms with Gasteiger partial charge in [0.15, 0.2) is 0 Å². The maximum atomic E-state index is 11.4. The molecule has 4 amide bonds. The molecule has 1 aromatic carbocycles. The first kappa shape index (κ1) is 146. The number of fused-ring (bicyclic) bond motifs is 5. The van der Waals surface area contributed by atoms with E-state index < -0.39 is 41.8 Å². The van der Waals surface area contributed by atoms with Crippen molar-refractivity contribution in [3.05, 3.63) is 34.9 Å². The van der Waals surface area contributed by atoms with Crippen LogP contribution in [0.1, 0.15) is 321 Å². The van der Waals surface area contributed by atoms with E-state index in [9.17, 15) is 48.7 Å². The van der Waals surface area contributed by atoms with E-state index in [1.165, 1.54) is 164 Å². The van der Waals surface area contributed by atoms with Crippen molar-refractivity contribution in [1.82, 2.24) is 21.3 Å². The molecule has 5 fully saturated rings. The number of aryl methyl sites for hydroxylation is 3. The van der Waals surface area contributed by atoms with E-state index >= 15 is 0 Å². The van der Waals surface area contributed by atoms with Gasteiger partial charge in [-0.2, -0.15) is 0 Å². The Hall–Kier alpha value is -4.61. The second kappa shape index (κ2) is 97.0. The second-order valence-electron chi connectivity index (χ2n) is 25.8. The number of carbonyl (C=O) groups is 12. The van der Waals surface area contributed by atoms with Crippen LogP contribution >= 0.6 is 0 Å². The standard InChI is InChI=1S/C29H52O2.C12H16O6.C9H12.4C3H7NO.4C2H4O2.5C2H6.6CH4.2Y.H2/c1-19(2)8-7-9-20(3)25-12-13-26-24-11-10-23-18-22(21(4)31-30)14-16-28(23,5)27(24)15-17-29(25,26)6;1-6(14)3-9-10(18-5-13)4-8(7(2)15)11(9)12(16)17;1-7-4-8(2)6-9(3)5-7;4*1-3(5)4-2;2*1-4-2-3;2*1-2(3)4;5*1-2;;;;;;;;;/h19-27,30H,7-18H2,1-6H3;5,8-11H,3-4H2,1-2H3,(H,16,17);4-6H,1-3H3;4*1-2H3,(H,4,5);2*2H,1H3;2*1H3,(H,3,4);5*1-2H3;6*1H4;;;1H/i;;;;;;;;;;;;;;;;2*1D;;;;;;;1+1. The number of carbonyl (C=O) groups excluding carboxylic acids is 9. The van der Waals surface area contributed by atoms with Gasteiger partial charge in [-0.15, -0.1) is 0 Å². The maximum absolute atomic E-state index is 11.4. The molecule has 670 valence electrons. The Bertz CT molecular complexity index is 2290. The quantitative estimate of drug-likeness (QED) is 0.0350. The number of rotatable bonds is 15. The number of ketones is 2. The minimum Gasteiger partial charge on any atom is -0.481 e. The van der Waals surface area contributed by atoms with Gasteiger partial charge in [-0.1, -0.05) is 203 Å². The normalized spacial score (nSPS) is 21.1. The topological polar surface area (TPSA) is 371 Å². The first-order valence-corrected chi connectivity index (χ1v) is 37.4. The van der Waals surface area contributed by atoms with Crippen LogP contribution in [-0.2, 0) is 142 Å². The number of hydrogen-bond acceptors (Lipinski definition) is 17. The Morgan fingerprint density at radius 2 is 0.875 bits per heavy atom. The molecule has 0 bridgehead atoms. The molecule has 0 spiro atoms. The number of carboxylic acid groups (broad SMARTS) is 3. The summed E-state index contributed by atoms with van der Waals surface area (Å²) in [5.41, 5.74) is 5.21. The summed E-state index contributed by atoms with van der Waals surface area (Å²) in [6, 6.07) is 6.56. The zero-order valence-electron chi connectivity index (χ0n) is 76.3. The van der Waals surface area contributed by atoms with Gasteiger partial charge in [0.1, 0.15) is 17.7 Å². The molecule has 26 heteroatoms. The number of Topliss-reactive ketones (excluding diaryl/α,β-unsaturated/α-hetero) is 2. The summed E-state index contributed by atoms with van der Waals surface area (Å²) >= 11 is 0. The molecule has 112 heavy (non-hydrogen) atoms. The van der Waals surface area contributed by atoms with Crippen LogP contribution in [0.3, 0.4) is 0 Å². The van der Waals surface area contributed by atoms with E-state index in [0.717, 1.165) is 55.3 Å². The summed E-state index contributed by atoms with van der Waals surface area (Å²) in [6.45, 7) is 52.9. The number of methoxy groups -OCH3 is 2. The summed E-state index contributed by atoms with van der Waals surface area (Å²) < 4.78 is 24.1. The predicted octanol–water partition coefficient (Wildman–Crippen LogP) is 19.6. The van der Waals surface area contributed by atoms with Gasteiger partial charge in [0.25, 0.3) is 31.4 Å². The molecule has 5 aliphatic carbocycles. The number of ether oxygens (including phenoxy) is 3. The molecule has 0 aliphatic heterocycles. The molecular formula is C86H180N4O20Y2. The first-order chi connectivity index (χ1) is 50.6. The fraction of sp³-hybridized carbons (Fsp3) is 0.791. The number of aliphatic carboxylic acids is 3. The van der Waals surface area contributed by atoms with E-state index in [2.05, 4.69) is 111 Å². The van der Waals surface area contributed by atoms with Crippen molar-refractivity contribution in [3.8, 4) is 0 Å². The van der Waals surface area contributed by atoms with Gasteiger partial charge >= 0.3 is 5.97 Å². The predicted molar refractivity (Wildman–Crippen MR) is 461 cm³/mol. The third-order valence-electron chi connectivity index (χ3n) is 18.1. The minimum absolute atomic E-state index is 0. The van der Waals surface area contributed by atoms with Gasteiger partial charge in [-0.05, 0) is 164 Å².